The fourth-order valence-electron chi connectivity index (χ4n) is 1.72. The van der Waals surface area contributed by atoms with Crippen molar-refractivity contribution in [1.29, 1.82) is 0 Å². The molecule has 2 rings (SSSR count). The van der Waals surface area contributed by atoms with E-state index in [-0.39, 0.29) is 11.8 Å². The molecule has 0 aliphatic heterocycles. The Morgan fingerprint density at radius 3 is 2.90 bits per heavy atom. The second-order valence-corrected chi connectivity index (χ2v) is 4.55. The maximum absolute atomic E-state index is 11.9. The van der Waals surface area contributed by atoms with Gasteiger partial charge in [0.1, 0.15) is 0 Å². The number of anilines is 1. The summed E-state index contributed by atoms with van der Waals surface area (Å²) in [5.74, 6) is 0.619. The normalized spacial score (nSPS) is 12.1. The summed E-state index contributed by atoms with van der Waals surface area (Å²) in [6, 6.07) is 5.47. The van der Waals surface area contributed by atoms with Crippen molar-refractivity contribution in [2.75, 3.05) is 18.4 Å². The van der Waals surface area contributed by atoms with Gasteiger partial charge >= 0.3 is 0 Å². The van der Waals surface area contributed by atoms with Gasteiger partial charge in [-0.15, -0.1) is 0 Å². The largest absolute Gasteiger partial charge is 0.324 e. The van der Waals surface area contributed by atoms with E-state index in [2.05, 4.69) is 20.7 Å². The lowest BCUT2D eigenvalue weighted by atomic mass is 10.1. The van der Waals surface area contributed by atoms with Crippen LogP contribution in [0, 0.1) is 5.92 Å². The summed E-state index contributed by atoms with van der Waals surface area (Å²) in [4.78, 5) is 16.2. The highest BCUT2D eigenvalue weighted by Gasteiger charge is 2.12. The number of nitrogens with zero attached hydrogens (tertiary/aromatic N) is 3. The molecule has 6 nitrogen and oxygen atoms in total. The van der Waals surface area contributed by atoms with Crippen LogP contribution >= 0.6 is 0 Å². The molecule has 1 amide bonds. The minimum absolute atomic E-state index is 0.0143. The first kappa shape index (κ1) is 14.2. The number of aromatic nitrogens is 3. The van der Waals surface area contributed by atoms with E-state index in [1.807, 2.05) is 38.2 Å². The summed E-state index contributed by atoms with van der Waals surface area (Å²) in [6.45, 7) is 5.44. The van der Waals surface area contributed by atoms with Crippen LogP contribution in [0.15, 0.2) is 36.8 Å². The van der Waals surface area contributed by atoms with Crippen molar-refractivity contribution < 1.29 is 4.79 Å². The van der Waals surface area contributed by atoms with Crippen molar-refractivity contribution in [3.63, 3.8) is 0 Å². The molecule has 0 spiro atoms. The number of nitrogens with one attached hydrogen (secondary N) is 2. The molecule has 0 saturated heterocycles. The van der Waals surface area contributed by atoms with Crippen molar-refractivity contribution in [1.82, 2.24) is 20.1 Å². The van der Waals surface area contributed by atoms with Crippen molar-refractivity contribution >= 4 is 11.6 Å². The van der Waals surface area contributed by atoms with Gasteiger partial charge < -0.3 is 10.6 Å². The Balaban J connectivity index is 1.95. The van der Waals surface area contributed by atoms with Gasteiger partial charge in [0.15, 0.2) is 5.82 Å². The van der Waals surface area contributed by atoms with Crippen LogP contribution in [-0.4, -0.2) is 33.8 Å². The van der Waals surface area contributed by atoms with Gasteiger partial charge in [-0.2, -0.15) is 5.10 Å². The van der Waals surface area contributed by atoms with E-state index in [4.69, 9.17) is 0 Å². The molecule has 1 unspecified atom stereocenters. The quantitative estimate of drug-likeness (QED) is 0.835. The lowest BCUT2D eigenvalue weighted by molar-refractivity contribution is -0.119. The summed E-state index contributed by atoms with van der Waals surface area (Å²) in [5, 5.41) is 10.1. The molecule has 0 radical (unpaired) electrons. The third-order valence-corrected chi connectivity index (χ3v) is 2.90. The van der Waals surface area contributed by atoms with Gasteiger partial charge in [0.2, 0.25) is 5.91 Å². The second-order valence-electron chi connectivity index (χ2n) is 4.55. The molecule has 1 atom stereocenters. The standard InChI is InChI=1S/C14H19N5O/c1-3-15-9-11(2)14(20)18-12-5-6-13(16-10-12)19-8-4-7-17-19/h4-8,10-11,15H,3,9H2,1-2H3,(H,18,20). The van der Waals surface area contributed by atoms with E-state index in [9.17, 15) is 4.79 Å². The Kier molecular flexibility index (Phi) is 4.84. The van der Waals surface area contributed by atoms with Gasteiger partial charge in [-0.3, -0.25) is 4.79 Å². The van der Waals surface area contributed by atoms with Crippen LogP contribution in [0.5, 0.6) is 0 Å². The molecule has 2 aromatic rings. The topological polar surface area (TPSA) is 71.8 Å². The zero-order valence-electron chi connectivity index (χ0n) is 11.7. The zero-order chi connectivity index (χ0) is 14.4. The molecular weight excluding hydrogens is 254 g/mol. The third-order valence-electron chi connectivity index (χ3n) is 2.90. The summed E-state index contributed by atoms with van der Waals surface area (Å²) in [7, 11) is 0. The number of carbonyl (C=O) groups excluding carboxylic acids is 1. The number of rotatable bonds is 6. The van der Waals surface area contributed by atoms with Crippen LogP contribution in [0.4, 0.5) is 5.69 Å². The van der Waals surface area contributed by atoms with Crippen molar-refractivity contribution in [2.24, 2.45) is 5.92 Å². The number of carbonyl (C=O) groups is 1. The Bertz CT molecular complexity index is 535. The molecule has 0 bridgehead atoms. The van der Waals surface area contributed by atoms with Crippen LogP contribution < -0.4 is 10.6 Å². The zero-order valence-corrected chi connectivity index (χ0v) is 11.7. The number of hydrogen-bond acceptors (Lipinski definition) is 4. The van der Waals surface area contributed by atoms with E-state index >= 15 is 0 Å². The highest BCUT2D eigenvalue weighted by molar-refractivity contribution is 5.92. The first-order valence-corrected chi connectivity index (χ1v) is 6.68. The Morgan fingerprint density at radius 1 is 1.45 bits per heavy atom. The van der Waals surface area contributed by atoms with Gasteiger partial charge in [-0.05, 0) is 24.7 Å². The smallest absolute Gasteiger partial charge is 0.228 e. The highest BCUT2D eigenvalue weighted by Crippen LogP contribution is 2.10. The van der Waals surface area contributed by atoms with Gasteiger partial charge in [0, 0.05) is 24.9 Å². The Morgan fingerprint density at radius 2 is 2.30 bits per heavy atom. The summed E-state index contributed by atoms with van der Waals surface area (Å²) < 4.78 is 1.67. The second kappa shape index (κ2) is 6.81. The van der Waals surface area contributed by atoms with Gasteiger partial charge in [-0.25, -0.2) is 9.67 Å². The van der Waals surface area contributed by atoms with Gasteiger partial charge in [0.25, 0.3) is 0 Å². The number of amides is 1. The number of pyridine rings is 1. The molecular formula is C14H19N5O. The maximum Gasteiger partial charge on any atom is 0.228 e. The summed E-state index contributed by atoms with van der Waals surface area (Å²) >= 11 is 0. The van der Waals surface area contributed by atoms with Crippen molar-refractivity contribution in [3.8, 4) is 5.82 Å². The van der Waals surface area contributed by atoms with Crippen LogP contribution in [0.1, 0.15) is 13.8 Å². The van der Waals surface area contributed by atoms with Crippen LogP contribution in [0.25, 0.3) is 5.82 Å². The third kappa shape index (κ3) is 3.64. The first-order valence-electron chi connectivity index (χ1n) is 6.68. The summed E-state index contributed by atoms with van der Waals surface area (Å²) in [5.41, 5.74) is 0.689. The van der Waals surface area contributed by atoms with Gasteiger partial charge in [0.05, 0.1) is 11.9 Å². The molecule has 106 valence electrons. The van der Waals surface area contributed by atoms with E-state index in [1.165, 1.54) is 0 Å². The SMILES string of the molecule is CCNCC(C)C(=O)Nc1ccc(-n2cccn2)nc1. The predicted molar refractivity (Wildman–Crippen MR) is 77.7 cm³/mol. The number of hydrogen-bond donors (Lipinski definition) is 2. The molecule has 2 aromatic heterocycles. The van der Waals surface area contributed by atoms with E-state index in [1.54, 1.807) is 17.1 Å². The molecule has 2 N–H and O–H groups in total. The maximum atomic E-state index is 11.9. The molecule has 0 saturated carbocycles. The van der Waals surface area contributed by atoms with Crippen molar-refractivity contribution in [3.05, 3.63) is 36.8 Å². The predicted octanol–water partition coefficient (Wildman–Crippen LogP) is 1.45. The van der Waals surface area contributed by atoms with E-state index in [0.717, 1.165) is 6.54 Å². The monoisotopic (exact) mass is 273 g/mol. The molecule has 2 heterocycles. The fraction of sp³-hybridized carbons (Fsp3) is 0.357. The van der Waals surface area contributed by atoms with Crippen molar-refractivity contribution in [2.45, 2.75) is 13.8 Å². The highest BCUT2D eigenvalue weighted by atomic mass is 16.1. The Hall–Kier alpha value is -2.21. The van der Waals surface area contributed by atoms with Gasteiger partial charge in [-0.1, -0.05) is 13.8 Å². The summed E-state index contributed by atoms with van der Waals surface area (Å²) in [6.07, 6.45) is 5.15. The minimum Gasteiger partial charge on any atom is -0.324 e. The Labute approximate surface area is 118 Å². The first-order chi connectivity index (χ1) is 9.70. The lowest BCUT2D eigenvalue weighted by Crippen LogP contribution is -2.30. The molecule has 0 aromatic carbocycles. The molecule has 20 heavy (non-hydrogen) atoms. The van der Waals surface area contributed by atoms with Crippen LogP contribution in [0.3, 0.4) is 0 Å². The van der Waals surface area contributed by atoms with Crippen LogP contribution in [0.2, 0.25) is 0 Å². The average molecular weight is 273 g/mol. The molecule has 0 aliphatic rings. The van der Waals surface area contributed by atoms with Crippen LogP contribution in [-0.2, 0) is 4.79 Å². The van der Waals surface area contributed by atoms with E-state index in [0.29, 0.717) is 18.1 Å². The van der Waals surface area contributed by atoms with E-state index < -0.39 is 0 Å². The lowest BCUT2D eigenvalue weighted by Gasteiger charge is -2.12. The minimum atomic E-state index is -0.0826. The molecule has 0 fully saturated rings. The fourth-order valence-corrected chi connectivity index (χ4v) is 1.72. The molecule has 0 aliphatic carbocycles. The molecule has 6 heteroatoms. The average Bonchev–Trinajstić information content (AvgIpc) is 2.99.